The van der Waals surface area contributed by atoms with Crippen LogP contribution in [0.15, 0.2) is 53.7 Å². The van der Waals surface area contributed by atoms with Crippen molar-refractivity contribution in [3.8, 4) is 11.4 Å². The first-order valence-corrected chi connectivity index (χ1v) is 9.37. The summed E-state index contributed by atoms with van der Waals surface area (Å²) in [6.45, 7) is 1.89. The highest BCUT2D eigenvalue weighted by atomic mass is 32.2. The fourth-order valence-electron chi connectivity index (χ4n) is 2.61. The van der Waals surface area contributed by atoms with Gasteiger partial charge in [0.1, 0.15) is 5.75 Å². The molecule has 0 aliphatic heterocycles. The Hall–Kier alpha value is -3.21. The predicted molar refractivity (Wildman–Crippen MR) is 99.7 cm³/mol. The Balaban J connectivity index is 1.52. The van der Waals surface area contributed by atoms with Gasteiger partial charge < -0.3 is 4.74 Å². The van der Waals surface area contributed by atoms with Crippen molar-refractivity contribution < 1.29 is 17.9 Å². The summed E-state index contributed by atoms with van der Waals surface area (Å²) in [6, 6.07) is 12.9. The summed E-state index contributed by atoms with van der Waals surface area (Å²) in [5, 5.41) is 12.0. The van der Waals surface area contributed by atoms with E-state index >= 15 is 0 Å². The minimum absolute atomic E-state index is 0.314. The Labute approximate surface area is 166 Å². The molecule has 0 spiro atoms. The molecule has 11 heteroatoms. The van der Waals surface area contributed by atoms with Gasteiger partial charge in [0, 0.05) is 5.75 Å². The third-order valence-corrected chi connectivity index (χ3v) is 4.87. The van der Waals surface area contributed by atoms with Crippen LogP contribution in [0, 0.1) is 6.92 Å². The number of thioether (sulfide) groups is 1. The van der Waals surface area contributed by atoms with Crippen LogP contribution in [0.1, 0.15) is 11.4 Å². The van der Waals surface area contributed by atoms with Gasteiger partial charge in [-0.2, -0.15) is 4.68 Å². The molecule has 148 valence electrons. The second-order valence-corrected chi connectivity index (χ2v) is 6.89. The van der Waals surface area contributed by atoms with E-state index in [0.717, 1.165) is 22.4 Å². The van der Waals surface area contributed by atoms with E-state index < -0.39 is 6.36 Å². The van der Waals surface area contributed by atoms with Crippen molar-refractivity contribution in [3.63, 3.8) is 0 Å². The molecule has 0 bridgehead atoms. The SMILES string of the molecule is Cc1nc2ccccc2nc1CSc1nnnn1-c1ccc(OC(F)(F)F)cc1. The maximum atomic E-state index is 12.3. The van der Waals surface area contributed by atoms with Crippen LogP contribution in [0.2, 0.25) is 0 Å². The molecule has 0 saturated carbocycles. The second-order valence-electron chi connectivity index (χ2n) is 5.95. The molecule has 0 fully saturated rings. The summed E-state index contributed by atoms with van der Waals surface area (Å²) < 4.78 is 42.2. The lowest BCUT2D eigenvalue weighted by atomic mass is 10.2. The number of tetrazole rings is 1. The molecular weight excluding hydrogens is 405 g/mol. The molecular formula is C18H13F3N6OS. The fourth-order valence-corrected chi connectivity index (χ4v) is 3.51. The summed E-state index contributed by atoms with van der Waals surface area (Å²) in [6.07, 6.45) is -4.74. The van der Waals surface area contributed by atoms with E-state index in [4.69, 9.17) is 0 Å². The van der Waals surface area contributed by atoms with Crippen LogP contribution in [0.4, 0.5) is 13.2 Å². The Morgan fingerprint density at radius 2 is 1.69 bits per heavy atom. The zero-order valence-electron chi connectivity index (χ0n) is 15.0. The maximum absolute atomic E-state index is 12.3. The van der Waals surface area contributed by atoms with Crippen LogP contribution in [-0.2, 0) is 5.75 Å². The fraction of sp³-hybridized carbons (Fsp3) is 0.167. The largest absolute Gasteiger partial charge is 0.573 e. The molecule has 7 nitrogen and oxygen atoms in total. The van der Waals surface area contributed by atoms with Crippen molar-refractivity contribution in [2.24, 2.45) is 0 Å². The highest BCUT2D eigenvalue weighted by molar-refractivity contribution is 7.98. The maximum Gasteiger partial charge on any atom is 0.573 e. The topological polar surface area (TPSA) is 78.6 Å². The smallest absolute Gasteiger partial charge is 0.406 e. The summed E-state index contributed by atoms with van der Waals surface area (Å²) in [4.78, 5) is 9.19. The number of rotatable bonds is 5. The molecule has 0 aliphatic rings. The predicted octanol–water partition coefficient (Wildman–Crippen LogP) is 4.10. The van der Waals surface area contributed by atoms with E-state index in [2.05, 4.69) is 30.2 Å². The number of alkyl halides is 3. The van der Waals surface area contributed by atoms with Crippen LogP contribution in [0.5, 0.6) is 5.75 Å². The number of hydrogen-bond donors (Lipinski definition) is 0. The van der Waals surface area contributed by atoms with E-state index in [1.165, 1.54) is 40.7 Å². The van der Waals surface area contributed by atoms with Crippen LogP contribution in [0.3, 0.4) is 0 Å². The quantitative estimate of drug-likeness (QED) is 0.452. The van der Waals surface area contributed by atoms with E-state index in [-0.39, 0.29) is 5.75 Å². The Morgan fingerprint density at radius 3 is 2.38 bits per heavy atom. The Kier molecular flexibility index (Phi) is 5.05. The Bertz CT molecular complexity index is 1150. The van der Waals surface area contributed by atoms with Gasteiger partial charge >= 0.3 is 6.36 Å². The van der Waals surface area contributed by atoms with Gasteiger partial charge in [0.25, 0.3) is 0 Å². The first-order valence-electron chi connectivity index (χ1n) is 8.39. The summed E-state index contributed by atoms with van der Waals surface area (Å²) in [5.41, 5.74) is 3.74. The lowest BCUT2D eigenvalue weighted by Crippen LogP contribution is -2.17. The molecule has 0 atom stereocenters. The normalized spacial score (nSPS) is 11.7. The van der Waals surface area contributed by atoms with Gasteiger partial charge in [-0.05, 0) is 53.7 Å². The molecule has 2 heterocycles. The standard InChI is InChI=1S/C18H13F3N6OS/c1-11-16(23-15-5-3-2-4-14(15)22-11)10-29-17-24-25-26-27(17)12-6-8-13(9-7-12)28-18(19,20)21/h2-9H,10H2,1H3. The first kappa shape index (κ1) is 19.1. The van der Waals surface area contributed by atoms with Crippen LogP contribution >= 0.6 is 11.8 Å². The number of fused-ring (bicyclic) bond motifs is 1. The minimum Gasteiger partial charge on any atom is -0.406 e. The van der Waals surface area contributed by atoms with E-state index in [0.29, 0.717) is 16.6 Å². The van der Waals surface area contributed by atoms with Crippen LogP contribution in [-0.4, -0.2) is 36.5 Å². The number of para-hydroxylation sites is 2. The van der Waals surface area contributed by atoms with Gasteiger partial charge in [0.2, 0.25) is 5.16 Å². The van der Waals surface area contributed by atoms with Crippen LogP contribution < -0.4 is 4.74 Å². The Morgan fingerprint density at radius 1 is 1.00 bits per heavy atom. The molecule has 0 saturated heterocycles. The first-order chi connectivity index (χ1) is 13.9. The van der Waals surface area contributed by atoms with Crippen LogP contribution in [0.25, 0.3) is 16.7 Å². The van der Waals surface area contributed by atoms with E-state index in [1.807, 2.05) is 31.2 Å². The van der Waals surface area contributed by atoms with Crippen molar-refractivity contribution in [2.75, 3.05) is 0 Å². The molecule has 2 aromatic carbocycles. The highest BCUT2D eigenvalue weighted by Gasteiger charge is 2.31. The van der Waals surface area contributed by atoms with Gasteiger partial charge in [0.05, 0.1) is 28.1 Å². The molecule has 0 amide bonds. The molecule has 0 N–H and O–H groups in total. The second kappa shape index (κ2) is 7.66. The summed E-state index contributed by atoms with van der Waals surface area (Å²) in [7, 11) is 0. The van der Waals surface area contributed by atoms with Gasteiger partial charge in [-0.25, -0.2) is 9.97 Å². The summed E-state index contributed by atoms with van der Waals surface area (Å²) in [5.74, 6) is 0.171. The lowest BCUT2D eigenvalue weighted by Gasteiger charge is -2.10. The number of nitrogens with zero attached hydrogens (tertiary/aromatic N) is 6. The molecule has 2 aromatic heterocycles. The van der Waals surface area contributed by atoms with Crippen molar-refractivity contribution >= 4 is 22.8 Å². The number of aromatic nitrogens is 6. The van der Waals surface area contributed by atoms with Gasteiger partial charge in [-0.3, -0.25) is 0 Å². The van der Waals surface area contributed by atoms with Gasteiger partial charge in [-0.15, -0.1) is 18.3 Å². The average molecular weight is 418 g/mol. The molecule has 0 aliphatic carbocycles. The van der Waals surface area contributed by atoms with Crippen molar-refractivity contribution in [1.82, 2.24) is 30.2 Å². The van der Waals surface area contributed by atoms with E-state index in [1.54, 1.807) is 0 Å². The molecule has 4 aromatic rings. The molecule has 0 radical (unpaired) electrons. The molecule has 29 heavy (non-hydrogen) atoms. The number of hydrogen-bond acceptors (Lipinski definition) is 7. The average Bonchev–Trinajstić information content (AvgIpc) is 3.14. The van der Waals surface area contributed by atoms with Gasteiger partial charge in [0.15, 0.2) is 0 Å². The number of aryl methyl sites for hydroxylation is 1. The minimum atomic E-state index is -4.74. The van der Waals surface area contributed by atoms with Crippen molar-refractivity contribution in [2.45, 2.75) is 24.2 Å². The van der Waals surface area contributed by atoms with Crippen molar-refractivity contribution in [1.29, 1.82) is 0 Å². The van der Waals surface area contributed by atoms with Gasteiger partial charge in [-0.1, -0.05) is 23.9 Å². The summed E-state index contributed by atoms with van der Waals surface area (Å²) >= 11 is 1.35. The lowest BCUT2D eigenvalue weighted by molar-refractivity contribution is -0.274. The molecule has 0 unspecified atom stereocenters. The van der Waals surface area contributed by atoms with Crippen molar-refractivity contribution in [3.05, 3.63) is 59.9 Å². The zero-order valence-corrected chi connectivity index (χ0v) is 15.8. The number of ether oxygens (including phenoxy) is 1. The highest BCUT2D eigenvalue weighted by Crippen LogP contribution is 2.26. The number of benzene rings is 2. The monoisotopic (exact) mass is 418 g/mol. The third-order valence-electron chi connectivity index (χ3n) is 3.94. The molecule has 4 rings (SSSR count). The third kappa shape index (κ3) is 4.45. The number of halogens is 3. The zero-order chi connectivity index (χ0) is 20.4. The van der Waals surface area contributed by atoms with E-state index in [9.17, 15) is 13.2 Å².